The minimum absolute atomic E-state index is 1.09. The predicted octanol–water partition coefficient (Wildman–Crippen LogP) is 17.9. The van der Waals surface area contributed by atoms with Gasteiger partial charge in [0.25, 0.3) is 0 Å². The molecule has 13 aromatic rings. The van der Waals surface area contributed by atoms with Gasteiger partial charge in [-0.25, -0.2) is 0 Å². The Morgan fingerprint density at radius 2 is 0.758 bits per heavy atom. The molecule has 0 bridgehead atoms. The molecule has 0 radical (unpaired) electrons. The van der Waals surface area contributed by atoms with Crippen molar-refractivity contribution in [1.82, 2.24) is 4.57 Å². The van der Waals surface area contributed by atoms with E-state index in [9.17, 15) is 0 Å². The number of hydrogen-bond acceptors (Lipinski definition) is 1. The highest BCUT2D eigenvalue weighted by Crippen LogP contribution is 2.48. The quantitative estimate of drug-likeness (QED) is 0.145. The van der Waals surface area contributed by atoms with Crippen LogP contribution in [0.3, 0.4) is 0 Å². The summed E-state index contributed by atoms with van der Waals surface area (Å²) in [6.45, 7) is 0. The summed E-state index contributed by atoms with van der Waals surface area (Å²) >= 11 is 0. The van der Waals surface area contributed by atoms with Crippen molar-refractivity contribution in [3.8, 4) is 39.1 Å². The van der Waals surface area contributed by atoms with E-state index in [0.29, 0.717) is 0 Å². The normalized spacial score (nSPS) is 11.6. The maximum atomic E-state index is 2.48. The van der Waals surface area contributed by atoms with Crippen LogP contribution in [0.4, 0.5) is 17.1 Å². The summed E-state index contributed by atoms with van der Waals surface area (Å²) in [5, 5.41) is 12.3. The van der Waals surface area contributed by atoms with Crippen LogP contribution in [-0.2, 0) is 0 Å². The molecule has 2 nitrogen and oxygen atoms in total. The molecule has 0 fully saturated rings. The van der Waals surface area contributed by atoms with Gasteiger partial charge in [0, 0.05) is 33.2 Å². The van der Waals surface area contributed by atoms with Gasteiger partial charge in [0.05, 0.1) is 16.7 Å². The van der Waals surface area contributed by atoms with Crippen LogP contribution in [0.1, 0.15) is 0 Å². The molecule has 0 unspecified atom stereocenters. The first kappa shape index (κ1) is 37.8. The third-order valence-corrected chi connectivity index (χ3v) is 13.5. The molecule has 1 aromatic heterocycles. The van der Waals surface area contributed by atoms with Gasteiger partial charge in [0.15, 0.2) is 0 Å². The Morgan fingerprint density at radius 3 is 1.50 bits per heavy atom. The summed E-state index contributed by atoms with van der Waals surface area (Å²) in [6.07, 6.45) is 0. The fourth-order valence-electron chi connectivity index (χ4n) is 10.7. The zero-order chi connectivity index (χ0) is 43.6. The van der Waals surface area contributed by atoms with Crippen molar-refractivity contribution in [2.75, 3.05) is 4.90 Å². The van der Waals surface area contributed by atoms with Crippen LogP contribution in [-0.4, -0.2) is 4.57 Å². The second kappa shape index (κ2) is 15.5. The molecule has 0 saturated heterocycles. The molecule has 12 aromatic carbocycles. The van der Waals surface area contributed by atoms with Crippen molar-refractivity contribution in [2.24, 2.45) is 0 Å². The molecule has 2 heteroatoms. The second-order valence-electron chi connectivity index (χ2n) is 17.2. The van der Waals surface area contributed by atoms with E-state index in [-0.39, 0.29) is 0 Å². The van der Waals surface area contributed by atoms with Gasteiger partial charge < -0.3 is 9.47 Å². The zero-order valence-corrected chi connectivity index (χ0v) is 36.1. The third kappa shape index (κ3) is 6.04. The van der Waals surface area contributed by atoms with Gasteiger partial charge in [-0.2, -0.15) is 0 Å². The zero-order valence-electron chi connectivity index (χ0n) is 36.1. The van der Waals surface area contributed by atoms with Crippen molar-refractivity contribution in [2.45, 2.75) is 0 Å². The number of para-hydroxylation sites is 2. The standard InChI is InChI=1S/C64H42N2/c1-3-20-44(21-4-1)63-55-29-9-11-31-57(55)64(58-32-12-10-30-56(58)63)45-23-15-26-47(41-45)65(48-39-40-62-59(42-48)54-28-13-14-37-61(54)66(62)46-24-5-2-6-25-46)60-38-18-35-52-51(34-17-36-53(52)60)50-33-16-22-43-19-7-8-27-49(43)50/h1-42H. The minimum Gasteiger partial charge on any atom is -0.310 e. The molecule has 0 N–H and O–H groups in total. The SMILES string of the molecule is c1ccc(-c2c3ccccc3c(-c3cccc(N(c4ccc5c(c4)c4ccccc4n5-c4ccccc4)c4cccc5c(-c6cccc7ccccc67)cccc45)c3)c3ccccc23)cc1. The topological polar surface area (TPSA) is 8.17 Å². The number of nitrogens with zero attached hydrogens (tertiary/aromatic N) is 2. The Labute approximate surface area is 383 Å². The van der Waals surface area contributed by atoms with E-state index < -0.39 is 0 Å². The van der Waals surface area contributed by atoms with E-state index in [4.69, 9.17) is 0 Å². The fraction of sp³-hybridized carbons (Fsp3) is 0. The maximum Gasteiger partial charge on any atom is 0.0542 e. The number of rotatable bonds is 7. The van der Waals surface area contributed by atoms with Gasteiger partial charge in [0.2, 0.25) is 0 Å². The van der Waals surface area contributed by atoms with Gasteiger partial charge in [-0.05, 0) is 126 Å². The fourth-order valence-corrected chi connectivity index (χ4v) is 10.7. The van der Waals surface area contributed by atoms with Crippen LogP contribution in [0.5, 0.6) is 0 Å². The lowest BCUT2D eigenvalue weighted by molar-refractivity contribution is 1.18. The molecule has 66 heavy (non-hydrogen) atoms. The summed E-state index contributed by atoms with van der Waals surface area (Å²) < 4.78 is 2.39. The number of aromatic nitrogens is 1. The lowest BCUT2D eigenvalue weighted by Gasteiger charge is -2.28. The van der Waals surface area contributed by atoms with Crippen LogP contribution in [0, 0.1) is 0 Å². The average Bonchev–Trinajstić information content (AvgIpc) is 3.72. The number of anilines is 3. The monoisotopic (exact) mass is 838 g/mol. The van der Waals surface area contributed by atoms with E-state index in [1.54, 1.807) is 0 Å². The van der Waals surface area contributed by atoms with Crippen molar-refractivity contribution < 1.29 is 0 Å². The number of fused-ring (bicyclic) bond motifs is 7. The summed E-state index contributed by atoms with van der Waals surface area (Å²) in [7, 11) is 0. The number of hydrogen-bond donors (Lipinski definition) is 0. The Balaban J connectivity index is 1.08. The second-order valence-corrected chi connectivity index (χ2v) is 17.2. The average molecular weight is 839 g/mol. The largest absolute Gasteiger partial charge is 0.310 e. The molecule has 0 aliphatic carbocycles. The minimum atomic E-state index is 1.09. The molecule has 308 valence electrons. The smallest absolute Gasteiger partial charge is 0.0542 e. The Morgan fingerprint density at radius 1 is 0.273 bits per heavy atom. The van der Waals surface area contributed by atoms with E-state index in [1.165, 1.54) is 98.3 Å². The Bertz CT molecular complexity index is 3930. The highest BCUT2D eigenvalue weighted by molar-refractivity contribution is 6.22. The van der Waals surface area contributed by atoms with Crippen LogP contribution in [0.2, 0.25) is 0 Å². The van der Waals surface area contributed by atoms with Crippen molar-refractivity contribution >= 4 is 82.0 Å². The van der Waals surface area contributed by atoms with E-state index in [1.807, 2.05) is 0 Å². The first-order valence-corrected chi connectivity index (χ1v) is 22.8. The Hall–Kier alpha value is -8.72. The van der Waals surface area contributed by atoms with Gasteiger partial charge in [-0.15, -0.1) is 0 Å². The molecule has 1 heterocycles. The van der Waals surface area contributed by atoms with Gasteiger partial charge >= 0.3 is 0 Å². The lowest BCUT2D eigenvalue weighted by atomic mass is 9.86. The summed E-state index contributed by atoms with van der Waals surface area (Å²) in [6, 6.07) is 93.4. The summed E-state index contributed by atoms with van der Waals surface area (Å²) in [5.74, 6) is 0. The van der Waals surface area contributed by atoms with E-state index >= 15 is 0 Å². The third-order valence-electron chi connectivity index (χ3n) is 13.5. The molecule has 13 rings (SSSR count). The first-order valence-electron chi connectivity index (χ1n) is 22.8. The maximum absolute atomic E-state index is 2.48. The van der Waals surface area contributed by atoms with E-state index in [2.05, 4.69) is 264 Å². The van der Waals surface area contributed by atoms with E-state index in [0.717, 1.165) is 22.7 Å². The van der Waals surface area contributed by atoms with Crippen LogP contribution >= 0.6 is 0 Å². The molecule has 0 saturated carbocycles. The summed E-state index contributed by atoms with van der Waals surface area (Å²) in [5.41, 5.74) is 14.1. The number of benzene rings is 12. The first-order chi connectivity index (χ1) is 32.8. The lowest BCUT2D eigenvalue weighted by Crippen LogP contribution is -2.11. The highest BCUT2D eigenvalue weighted by atomic mass is 15.1. The Kier molecular flexibility index (Phi) is 8.89. The molecule has 0 atom stereocenters. The van der Waals surface area contributed by atoms with Crippen molar-refractivity contribution in [3.63, 3.8) is 0 Å². The van der Waals surface area contributed by atoms with Gasteiger partial charge in [-0.1, -0.05) is 200 Å². The van der Waals surface area contributed by atoms with Crippen LogP contribution in [0.25, 0.3) is 104 Å². The molecular formula is C64H42N2. The van der Waals surface area contributed by atoms with Gasteiger partial charge in [-0.3, -0.25) is 0 Å². The van der Waals surface area contributed by atoms with Crippen molar-refractivity contribution in [3.05, 3.63) is 255 Å². The molecule has 0 amide bonds. The molecular weight excluding hydrogens is 797 g/mol. The highest BCUT2D eigenvalue weighted by Gasteiger charge is 2.22. The van der Waals surface area contributed by atoms with Gasteiger partial charge in [0.1, 0.15) is 0 Å². The predicted molar refractivity (Wildman–Crippen MR) is 282 cm³/mol. The molecule has 0 spiro atoms. The summed E-state index contributed by atoms with van der Waals surface area (Å²) in [4.78, 5) is 2.48. The molecule has 0 aliphatic rings. The van der Waals surface area contributed by atoms with Crippen LogP contribution in [0.15, 0.2) is 255 Å². The van der Waals surface area contributed by atoms with Crippen molar-refractivity contribution in [1.29, 1.82) is 0 Å². The molecule has 0 aliphatic heterocycles. The van der Waals surface area contributed by atoms with Crippen LogP contribution < -0.4 is 4.90 Å².